The summed E-state index contributed by atoms with van der Waals surface area (Å²) in [6, 6.07) is 14.3. The number of rotatable bonds is 8. The SMILES string of the molecule is O=C(Nc1ccc(S(=O)(=O)Nc2ccc(Cl)c(C(F)(F)F)c2)cc1)C1CCN(S(=O)(=O)Cc2cccc(Cl)c2)CC1. The predicted octanol–water partition coefficient (Wildman–Crippen LogP) is 5.99. The van der Waals surface area contributed by atoms with Crippen molar-refractivity contribution in [2.75, 3.05) is 23.1 Å². The van der Waals surface area contributed by atoms with Crippen LogP contribution in [0.25, 0.3) is 0 Å². The molecule has 4 rings (SSSR count). The number of anilines is 2. The van der Waals surface area contributed by atoms with E-state index in [0.29, 0.717) is 35.2 Å². The molecule has 41 heavy (non-hydrogen) atoms. The van der Waals surface area contributed by atoms with Crippen LogP contribution < -0.4 is 10.0 Å². The summed E-state index contributed by atoms with van der Waals surface area (Å²) in [7, 11) is -7.84. The van der Waals surface area contributed by atoms with Gasteiger partial charge in [-0.05, 0) is 73.0 Å². The van der Waals surface area contributed by atoms with E-state index in [4.69, 9.17) is 23.2 Å². The van der Waals surface area contributed by atoms with Gasteiger partial charge < -0.3 is 5.32 Å². The fourth-order valence-corrected chi connectivity index (χ4v) is 7.34. The Hall–Kier alpha value is -2.84. The van der Waals surface area contributed by atoms with E-state index in [1.54, 1.807) is 24.3 Å². The van der Waals surface area contributed by atoms with Crippen molar-refractivity contribution in [1.29, 1.82) is 0 Å². The molecule has 220 valence electrons. The van der Waals surface area contributed by atoms with E-state index in [1.807, 2.05) is 0 Å². The van der Waals surface area contributed by atoms with E-state index in [-0.39, 0.29) is 35.3 Å². The van der Waals surface area contributed by atoms with Gasteiger partial charge in [-0.2, -0.15) is 13.2 Å². The van der Waals surface area contributed by atoms with Crippen molar-refractivity contribution < 1.29 is 34.8 Å². The lowest BCUT2D eigenvalue weighted by Crippen LogP contribution is -2.41. The average molecular weight is 651 g/mol. The zero-order valence-corrected chi connectivity index (χ0v) is 24.3. The summed E-state index contributed by atoms with van der Waals surface area (Å²) in [5.74, 6) is -0.993. The van der Waals surface area contributed by atoms with Crippen LogP contribution in [0.15, 0.2) is 71.6 Å². The number of benzene rings is 3. The Morgan fingerprint density at radius 1 is 0.902 bits per heavy atom. The van der Waals surface area contributed by atoms with E-state index in [1.165, 1.54) is 28.6 Å². The molecule has 1 saturated heterocycles. The fourth-order valence-electron chi connectivity index (χ4n) is 4.31. The van der Waals surface area contributed by atoms with Crippen LogP contribution in [0.4, 0.5) is 24.5 Å². The molecule has 2 N–H and O–H groups in total. The number of amides is 1. The molecule has 0 saturated carbocycles. The van der Waals surface area contributed by atoms with Crippen LogP contribution >= 0.6 is 23.2 Å². The Balaban J connectivity index is 1.34. The van der Waals surface area contributed by atoms with Crippen LogP contribution in [-0.2, 0) is 36.8 Å². The standard InChI is InChI=1S/C26H24Cl2F3N3O5S2/c27-19-3-1-2-17(14-19)16-40(36,37)34-12-10-18(11-13-34)25(35)32-20-4-7-22(8-5-20)41(38,39)33-21-6-9-24(28)23(15-21)26(29,30)31/h1-9,14-15,18,33H,10-13,16H2,(H,32,35). The Labute approximate surface area is 245 Å². The largest absolute Gasteiger partial charge is 0.417 e. The predicted molar refractivity (Wildman–Crippen MR) is 151 cm³/mol. The molecule has 0 spiro atoms. The Morgan fingerprint density at radius 3 is 2.15 bits per heavy atom. The van der Waals surface area contributed by atoms with Gasteiger partial charge in [-0.3, -0.25) is 9.52 Å². The normalized spacial score (nSPS) is 15.4. The number of hydrogen-bond donors (Lipinski definition) is 2. The van der Waals surface area contributed by atoms with Gasteiger partial charge in [-0.1, -0.05) is 35.3 Å². The van der Waals surface area contributed by atoms with Crippen molar-refractivity contribution in [2.45, 2.75) is 29.7 Å². The van der Waals surface area contributed by atoms with E-state index in [0.717, 1.165) is 12.1 Å². The van der Waals surface area contributed by atoms with Crippen LogP contribution in [0.1, 0.15) is 24.0 Å². The first-order valence-electron chi connectivity index (χ1n) is 12.2. The summed E-state index contributed by atoms with van der Waals surface area (Å²) in [4.78, 5) is 12.6. The van der Waals surface area contributed by atoms with Gasteiger partial charge in [0.15, 0.2) is 0 Å². The summed E-state index contributed by atoms with van der Waals surface area (Å²) in [5.41, 5.74) is -0.630. The second kappa shape index (κ2) is 12.2. The molecular formula is C26H24Cl2F3N3O5S2. The van der Waals surface area contributed by atoms with Crippen molar-refractivity contribution in [1.82, 2.24) is 4.31 Å². The third-order valence-corrected chi connectivity index (χ3v) is 10.2. The first-order valence-corrected chi connectivity index (χ1v) is 16.0. The molecule has 0 unspecified atom stereocenters. The zero-order chi connectivity index (χ0) is 30.0. The zero-order valence-electron chi connectivity index (χ0n) is 21.2. The molecule has 0 aliphatic carbocycles. The van der Waals surface area contributed by atoms with Gasteiger partial charge in [-0.15, -0.1) is 0 Å². The maximum absolute atomic E-state index is 13.1. The van der Waals surface area contributed by atoms with Crippen molar-refractivity contribution in [3.05, 3.63) is 87.9 Å². The number of carbonyl (C=O) groups is 1. The summed E-state index contributed by atoms with van der Waals surface area (Å²) >= 11 is 11.5. The van der Waals surface area contributed by atoms with Gasteiger partial charge >= 0.3 is 6.18 Å². The van der Waals surface area contributed by atoms with Crippen molar-refractivity contribution in [2.24, 2.45) is 5.92 Å². The van der Waals surface area contributed by atoms with Crippen LogP contribution in [-0.4, -0.2) is 40.1 Å². The highest BCUT2D eigenvalue weighted by Gasteiger charge is 2.34. The molecule has 3 aromatic rings. The first kappa shape index (κ1) is 31.1. The van der Waals surface area contributed by atoms with Gasteiger partial charge in [0.05, 0.1) is 21.2 Å². The molecule has 15 heteroatoms. The van der Waals surface area contributed by atoms with Crippen LogP contribution in [0.5, 0.6) is 0 Å². The Morgan fingerprint density at radius 2 is 1.54 bits per heavy atom. The second-order valence-corrected chi connectivity index (χ2v) is 13.9. The molecule has 0 bridgehead atoms. The van der Waals surface area contributed by atoms with E-state index in [2.05, 4.69) is 10.0 Å². The van der Waals surface area contributed by atoms with Crippen molar-refractivity contribution in [3.63, 3.8) is 0 Å². The minimum absolute atomic E-state index is 0.171. The summed E-state index contributed by atoms with van der Waals surface area (Å²) in [6.45, 7) is 0.342. The number of nitrogens with zero attached hydrogens (tertiary/aromatic N) is 1. The molecule has 3 aromatic carbocycles. The summed E-state index contributed by atoms with van der Waals surface area (Å²) in [5, 5.41) is 2.57. The maximum Gasteiger partial charge on any atom is 0.417 e. The number of piperidine rings is 1. The molecule has 1 aliphatic rings. The van der Waals surface area contributed by atoms with Crippen LogP contribution in [0.2, 0.25) is 10.0 Å². The molecule has 8 nitrogen and oxygen atoms in total. The Kier molecular flexibility index (Phi) is 9.24. The third-order valence-electron chi connectivity index (χ3n) is 6.41. The van der Waals surface area contributed by atoms with E-state index < -0.39 is 42.7 Å². The van der Waals surface area contributed by atoms with E-state index in [9.17, 15) is 34.8 Å². The monoisotopic (exact) mass is 649 g/mol. The quantitative estimate of drug-likeness (QED) is 0.311. The van der Waals surface area contributed by atoms with Gasteiger partial charge in [0, 0.05) is 35.4 Å². The molecule has 1 heterocycles. The number of halogens is 5. The summed E-state index contributed by atoms with van der Waals surface area (Å²) < 4.78 is 93.8. The smallest absolute Gasteiger partial charge is 0.326 e. The van der Waals surface area contributed by atoms with Crippen molar-refractivity contribution >= 4 is 60.5 Å². The molecule has 1 aliphatic heterocycles. The lowest BCUT2D eigenvalue weighted by atomic mass is 9.97. The van der Waals surface area contributed by atoms with E-state index >= 15 is 0 Å². The Bertz CT molecular complexity index is 1640. The lowest BCUT2D eigenvalue weighted by molar-refractivity contribution is -0.137. The number of sulfonamides is 2. The molecule has 0 aromatic heterocycles. The van der Waals surface area contributed by atoms with Crippen molar-refractivity contribution in [3.8, 4) is 0 Å². The average Bonchev–Trinajstić information content (AvgIpc) is 2.89. The lowest BCUT2D eigenvalue weighted by Gasteiger charge is -2.30. The highest BCUT2D eigenvalue weighted by molar-refractivity contribution is 7.92. The highest BCUT2D eigenvalue weighted by atomic mass is 35.5. The number of nitrogens with one attached hydrogen (secondary N) is 2. The topological polar surface area (TPSA) is 113 Å². The first-order chi connectivity index (χ1) is 19.1. The number of carbonyl (C=O) groups excluding carboxylic acids is 1. The number of alkyl halides is 3. The fraction of sp³-hybridized carbons (Fsp3) is 0.269. The summed E-state index contributed by atoms with van der Waals surface area (Å²) in [6.07, 6.45) is -4.16. The van der Waals surface area contributed by atoms with Gasteiger partial charge in [0.1, 0.15) is 0 Å². The van der Waals surface area contributed by atoms with Crippen LogP contribution in [0.3, 0.4) is 0 Å². The molecule has 1 fully saturated rings. The molecular weight excluding hydrogens is 626 g/mol. The highest BCUT2D eigenvalue weighted by Crippen LogP contribution is 2.36. The second-order valence-electron chi connectivity index (χ2n) is 9.37. The molecule has 0 radical (unpaired) electrons. The van der Waals surface area contributed by atoms with Gasteiger partial charge in [0.2, 0.25) is 15.9 Å². The van der Waals surface area contributed by atoms with Gasteiger partial charge in [0.25, 0.3) is 10.0 Å². The third kappa shape index (κ3) is 7.92. The minimum atomic E-state index is -4.76. The molecule has 0 atom stereocenters. The van der Waals surface area contributed by atoms with Gasteiger partial charge in [-0.25, -0.2) is 21.1 Å². The minimum Gasteiger partial charge on any atom is -0.326 e. The molecule has 1 amide bonds. The number of hydrogen-bond acceptors (Lipinski definition) is 5. The van der Waals surface area contributed by atoms with Crippen LogP contribution in [0, 0.1) is 5.92 Å². The maximum atomic E-state index is 13.1.